The van der Waals surface area contributed by atoms with Gasteiger partial charge in [-0.05, 0) is 74.4 Å². The van der Waals surface area contributed by atoms with Gasteiger partial charge in [0.2, 0.25) is 0 Å². The third-order valence-corrected chi connectivity index (χ3v) is 8.62. The van der Waals surface area contributed by atoms with E-state index in [0.29, 0.717) is 37.4 Å². The van der Waals surface area contributed by atoms with Crippen molar-refractivity contribution in [2.24, 2.45) is 0 Å². The average molecular weight is 677 g/mol. The van der Waals surface area contributed by atoms with Gasteiger partial charge in [0.05, 0.1) is 37.8 Å². The first kappa shape index (κ1) is 33.0. The van der Waals surface area contributed by atoms with Crippen molar-refractivity contribution in [3.05, 3.63) is 91.9 Å². The van der Waals surface area contributed by atoms with Gasteiger partial charge in [-0.25, -0.2) is 9.69 Å². The summed E-state index contributed by atoms with van der Waals surface area (Å²) in [6.07, 6.45) is -1.97. The van der Waals surface area contributed by atoms with Crippen LogP contribution in [0.25, 0.3) is 16.3 Å². The van der Waals surface area contributed by atoms with E-state index in [-0.39, 0.29) is 24.7 Å². The predicted molar refractivity (Wildman–Crippen MR) is 171 cm³/mol. The number of thiophene rings is 1. The molecule has 0 aliphatic carbocycles. The number of aliphatic hydroxyl groups excluding tert-OH is 1. The van der Waals surface area contributed by atoms with Crippen LogP contribution in [0.4, 0.5) is 13.2 Å². The molecule has 1 unspecified atom stereocenters. The number of nitrogens with zero attached hydrogens (tertiary/aromatic N) is 3. The fourth-order valence-electron chi connectivity index (χ4n) is 4.90. The fourth-order valence-corrected chi connectivity index (χ4v) is 6.30. The molecule has 4 aromatic rings. The van der Waals surface area contributed by atoms with Gasteiger partial charge in [0.25, 0.3) is 5.91 Å². The molecule has 3 heterocycles. The number of rotatable bonds is 8. The summed E-state index contributed by atoms with van der Waals surface area (Å²) in [6, 6.07) is 13.3. The Labute approximate surface area is 272 Å². The summed E-state index contributed by atoms with van der Waals surface area (Å²) in [5, 5.41) is 20.5. The molecule has 5 rings (SSSR count). The van der Waals surface area contributed by atoms with Crippen molar-refractivity contribution >= 4 is 40.4 Å². The number of piperidine rings is 1. The second-order valence-corrected chi connectivity index (χ2v) is 12.6. The fraction of sp³-hybridized carbons (Fsp3) is 0.312. The summed E-state index contributed by atoms with van der Waals surface area (Å²) in [5.74, 6) is 5.58. The minimum atomic E-state index is -4.42. The molecule has 0 bridgehead atoms. The number of carbonyl (C=O) groups is 1. The maximum atomic E-state index is 13.7. The zero-order chi connectivity index (χ0) is 32.1. The lowest BCUT2D eigenvalue weighted by molar-refractivity contribution is -0.137. The highest BCUT2D eigenvalue weighted by Gasteiger charge is 2.30. The van der Waals surface area contributed by atoms with Gasteiger partial charge >= 0.3 is 6.18 Å². The van der Waals surface area contributed by atoms with Crippen LogP contribution in [0, 0.1) is 11.8 Å². The Morgan fingerprint density at radius 1 is 1.07 bits per heavy atom. The van der Waals surface area contributed by atoms with E-state index < -0.39 is 17.8 Å². The zero-order valence-corrected chi connectivity index (χ0v) is 26.5. The van der Waals surface area contributed by atoms with Crippen molar-refractivity contribution in [1.82, 2.24) is 25.5 Å². The van der Waals surface area contributed by atoms with Crippen LogP contribution in [0.1, 0.15) is 58.2 Å². The molecule has 1 fully saturated rings. The third kappa shape index (κ3) is 8.27. The lowest BCUT2D eigenvalue weighted by atomic mass is 10.1. The van der Waals surface area contributed by atoms with Crippen molar-refractivity contribution in [3.8, 4) is 28.1 Å². The van der Waals surface area contributed by atoms with Crippen LogP contribution in [0.2, 0.25) is 10.0 Å². The molecule has 0 radical (unpaired) electrons. The molecule has 2 aromatic heterocycles. The van der Waals surface area contributed by atoms with E-state index in [0.717, 1.165) is 49.4 Å². The van der Waals surface area contributed by atoms with Crippen LogP contribution in [0.15, 0.2) is 54.6 Å². The number of amides is 1. The van der Waals surface area contributed by atoms with Crippen LogP contribution < -0.4 is 10.7 Å². The first-order chi connectivity index (χ1) is 21.5. The SMILES string of the molecule is CC(O)CNCc1c(C(=O)NN2CCCCC2)nn(-c2ccc(Cl)cc2Cl)c1-c1ccc(C#Cc2ccc(C(F)(F)F)cc2)s1. The molecule has 236 valence electrons. The third-order valence-electron chi connectivity index (χ3n) is 7.08. The molecule has 1 amide bonds. The van der Waals surface area contributed by atoms with Gasteiger partial charge in [0.15, 0.2) is 5.69 Å². The van der Waals surface area contributed by atoms with E-state index in [4.69, 9.17) is 28.3 Å². The number of hydrogen-bond donors (Lipinski definition) is 3. The molecular weight excluding hydrogens is 646 g/mol. The number of aromatic nitrogens is 2. The molecule has 7 nitrogen and oxygen atoms in total. The van der Waals surface area contributed by atoms with E-state index in [1.807, 2.05) is 11.1 Å². The summed E-state index contributed by atoms with van der Waals surface area (Å²) in [5.41, 5.74) is 4.61. The Bertz CT molecular complexity index is 1720. The van der Waals surface area contributed by atoms with Crippen molar-refractivity contribution in [2.45, 2.75) is 45.0 Å². The average Bonchev–Trinajstić information content (AvgIpc) is 3.61. The Balaban J connectivity index is 1.57. The normalized spacial score (nSPS) is 14.6. The van der Waals surface area contributed by atoms with Gasteiger partial charge in [0, 0.05) is 42.3 Å². The van der Waals surface area contributed by atoms with Gasteiger partial charge < -0.3 is 10.4 Å². The minimum absolute atomic E-state index is 0.200. The number of halogens is 5. The molecule has 2 aromatic carbocycles. The van der Waals surface area contributed by atoms with Crippen LogP contribution >= 0.6 is 34.5 Å². The number of alkyl halides is 3. The lowest BCUT2D eigenvalue weighted by Crippen LogP contribution is -2.45. The first-order valence-electron chi connectivity index (χ1n) is 14.3. The van der Waals surface area contributed by atoms with E-state index in [1.165, 1.54) is 23.5 Å². The van der Waals surface area contributed by atoms with Crippen LogP contribution in [0.5, 0.6) is 0 Å². The molecule has 1 aliphatic rings. The summed E-state index contributed by atoms with van der Waals surface area (Å²) in [4.78, 5) is 15.1. The standard InChI is InChI=1S/C32H30Cl2F3N5O2S/c1-20(43)18-38-19-25-29(31(44)40-41-15-3-2-4-16-41)39-42(27-13-10-23(33)17-26(27)34)30(25)28-14-12-24(45-28)11-7-21-5-8-22(9-6-21)32(35,36)37/h5-6,8-10,12-14,17,20,38,43H,2-4,15-16,18-19H2,1H3,(H,40,44). The molecule has 1 saturated heterocycles. The topological polar surface area (TPSA) is 82.4 Å². The maximum Gasteiger partial charge on any atom is 0.416 e. The molecule has 0 spiro atoms. The van der Waals surface area contributed by atoms with Crippen LogP contribution in [-0.2, 0) is 12.7 Å². The summed E-state index contributed by atoms with van der Waals surface area (Å²) >= 11 is 14.2. The first-order valence-corrected chi connectivity index (χ1v) is 15.9. The van der Waals surface area contributed by atoms with Crippen LogP contribution in [-0.4, -0.2) is 51.5 Å². The van der Waals surface area contributed by atoms with Gasteiger partial charge in [0.1, 0.15) is 0 Å². The Kier molecular flexibility index (Phi) is 10.5. The Hall–Kier alpha value is -3.37. The molecule has 13 heteroatoms. The highest BCUT2D eigenvalue weighted by atomic mass is 35.5. The molecular formula is C32H30Cl2F3N5O2S. The maximum absolute atomic E-state index is 13.7. The Morgan fingerprint density at radius 3 is 2.47 bits per heavy atom. The molecule has 1 aliphatic heterocycles. The van der Waals surface area contributed by atoms with Crippen molar-refractivity contribution in [2.75, 3.05) is 19.6 Å². The summed E-state index contributed by atoms with van der Waals surface area (Å²) in [6.45, 7) is 3.65. The smallest absolute Gasteiger partial charge is 0.392 e. The van der Waals surface area contributed by atoms with Gasteiger partial charge in [-0.1, -0.05) is 41.5 Å². The monoisotopic (exact) mass is 675 g/mol. The molecule has 45 heavy (non-hydrogen) atoms. The van der Waals surface area contributed by atoms with E-state index >= 15 is 0 Å². The van der Waals surface area contributed by atoms with E-state index in [1.54, 1.807) is 35.9 Å². The summed E-state index contributed by atoms with van der Waals surface area (Å²) in [7, 11) is 0. The lowest BCUT2D eigenvalue weighted by Gasteiger charge is -2.26. The van der Waals surface area contributed by atoms with E-state index in [2.05, 4.69) is 22.6 Å². The van der Waals surface area contributed by atoms with Gasteiger partial charge in [-0.2, -0.15) is 18.3 Å². The van der Waals surface area contributed by atoms with E-state index in [9.17, 15) is 23.1 Å². The quantitative estimate of drug-likeness (QED) is 0.177. The summed E-state index contributed by atoms with van der Waals surface area (Å²) < 4.78 is 40.5. The Morgan fingerprint density at radius 2 is 1.80 bits per heavy atom. The second kappa shape index (κ2) is 14.4. The van der Waals surface area contributed by atoms with Gasteiger partial charge in [-0.3, -0.25) is 10.2 Å². The number of benzene rings is 2. The number of nitrogens with one attached hydrogen (secondary N) is 2. The highest BCUT2D eigenvalue weighted by Crippen LogP contribution is 2.37. The largest absolute Gasteiger partial charge is 0.416 e. The highest BCUT2D eigenvalue weighted by molar-refractivity contribution is 7.16. The molecule has 0 saturated carbocycles. The van der Waals surface area contributed by atoms with Crippen LogP contribution in [0.3, 0.4) is 0 Å². The predicted octanol–water partition coefficient (Wildman–Crippen LogP) is 6.93. The number of hydrazine groups is 1. The number of carbonyl (C=O) groups excluding carboxylic acids is 1. The van der Waals surface area contributed by atoms with Gasteiger partial charge in [-0.15, -0.1) is 11.3 Å². The van der Waals surface area contributed by atoms with Crippen molar-refractivity contribution in [1.29, 1.82) is 0 Å². The second-order valence-electron chi connectivity index (χ2n) is 10.6. The molecule has 1 atom stereocenters. The number of aliphatic hydroxyl groups is 1. The molecule has 3 N–H and O–H groups in total. The number of hydrogen-bond acceptors (Lipinski definition) is 6. The minimum Gasteiger partial charge on any atom is -0.392 e. The van der Waals surface area contributed by atoms with Crippen molar-refractivity contribution in [3.63, 3.8) is 0 Å². The zero-order valence-electron chi connectivity index (χ0n) is 24.2. The van der Waals surface area contributed by atoms with Crippen molar-refractivity contribution < 1.29 is 23.1 Å².